The largest absolute Gasteiger partial charge is 0.497 e. The lowest BCUT2D eigenvalue weighted by atomic mass is 10.1. The third kappa shape index (κ3) is 4.86. The normalized spacial score (nSPS) is 10.4. The van der Waals surface area contributed by atoms with Crippen molar-refractivity contribution in [2.24, 2.45) is 0 Å². The molecule has 0 aliphatic heterocycles. The Hall–Kier alpha value is -3.51. The Morgan fingerprint density at radius 2 is 1.53 bits per heavy atom. The lowest BCUT2D eigenvalue weighted by molar-refractivity contribution is 0.356. The van der Waals surface area contributed by atoms with Crippen molar-refractivity contribution in [3.63, 3.8) is 0 Å². The minimum absolute atomic E-state index is 0. The molecule has 32 heavy (non-hydrogen) atoms. The van der Waals surface area contributed by atoms with Gasteiger partial charge >= 0.3 is 0 Å². The van der Waals surface area contributed by atoms with E-state index in [1.807, 2.05) is 48.5 Å². The summed E-state index contributed by atoms with van der Waals surface area (Å²) in [5.41, 5.74) is 4.00. The van der Waals surface area contributed by atoms with E-state index in [0.717, 1.165) is 33.6 Å². The monoisotopic (exact) mass is 451 g/mol. The van der Waals surface area contributed by atoms with Gasteiger partial charge in [0.1, 0.15) is 11.6 Å². The van der Waals surface area contributed by atoms with Gasteiger partial charge in [0.05, 0.1) is 26.8 Å². The third-order valence-corrected chi connectivity index (χ3v) is 5.10. The SMILES string of the molecule is COc1cccc(CNc2nc(-c3ccc(C)cc3)nc3cc(OC)c(OC)cc23)c1.Cl. The first-order valence-electron chi connectivity index (χ1n) is 9.99. The highest BCUT2D eigenvalue weighted by molar-refractivity contribution is 5.93. The fourth-order valence-electron chi connectivity index (χ4n) is 3.39. The number of methoxy groups -OCH3 is 3. The molecule has 0 bridgehead atoms. The molecule has 0 unspecified atom stereocenters. The van der Waals surface area contributed by atoms with Gasteiger partial charge in [0.25, 0.3) is 0 Å². The number of fused-ring (bicyclic) bond motifs is 1. The summed E-state index contributed by atoms with van der Waals surface area (Å²) < 4.78 is 16.3. The van der Waals surface area contributed by atoms with Gasteiger partial charge < -0.3 is 19.5 Å². The highest BCUT2D eigenvalue weighted by Crippen LogP contribution is 2.35. The van der Waals surface area contributed by atoms with Crippen molar-refractivity contribution < 1.29 is 14.2 Å². The number of rotatable bonds is 7. The second kappa shape index (κ2) is 10.2. The number of nitrogens with zero attached hydrogens (tertiary/aromatic N) is 2. The van der Waals surface area contributed by atoms with Crippen LogP contribution in [0.25, 0.3) is 22.3 Å². The fraction of sp³-hybridized carbons (Fsp3) is 0.200. The standard InChI is InChI=1S/C25H25N3O3.ClH/c1-16-8-10-18(11-9-16)24-27-21-14-23(31-4)22(30-3)13-20(21)25(28-24)26-15-17-6-5-7-19(12-17)29-2;/h5-14H,15H2,1-4H3,(H,26,27,28);1H. The molecule has 0 saturated heterocycles. The quantitative estimate of drug-likeness (QED) is 0.391. The van der Waals surface area contributed by atoms with Crippen LogP contribution in [0.1, 0.15) is 11.1 Å². The molecule has 0 atom stereocenters. The van der Waals surface area contributed by atoms with Gasteiger partial charge in [0.2, 0.25) is 0 Å². The van der Waals surface area contributed by atoms with E-state index in [-0.39, 0.29) is 12.4 Å². The summed E-state index contributed by atoms with van der Waals surface area (Å²) in [6.07, 6.45) is 0. The molecule has 0 fully saturated rings. The summed E-state index contributed by atoms with van der Waals surface area (Å²) in [6, 6.07) is 19.9. The van der Waals surface area contributed by atoms with Gasteiger partial charge in [-0.3, -0.25) is 0 Å². The Kier molecular flexibility index (Phi) is 7.38. The molecule has 4 aromatic rings. The van der Waals surface area contributed by atoms with E-state index >= 15 is 0 Å². The van der Waals surface area contributed by atoms with Crippen LogP contribution in [0.3, 0.4) is 0 Å². The number of hydrogen-bond acceptors (Lipinski definition) is 6. The number of aromatic nitrogens is 2. The van der Waals surface area contributed by atoms with Gasteiger partial charge in [-0.05, 0) is 30.7 Å². The molecule has 0 spiro atoms. The lowest BCUT2D eigenvalue weighted by Gasteiger charge is -2.14. The summed E-state index contributed by atoms with van der Waals surface area (Å²) in [5.74, 6) is 3.45. The summed E-state index contributed by atoms with van der Waals surface area (Å²) in [5, 5.41) is 4.32. The second-order valence-corrected chi connectivity index (χ2v) is 7.19. The van der Waals surface area contributed by atoms with E-state index in [0.29, 0.717) is 23.9 Å². The van der Waals surface area contributed by atoms with Crippen LogP contribution < -0.4 is 19.5 Å². The Bertz CT molecular complexity index is 1210. The van der Waals surface area contributed by atoms with Crippen molar-refractivity contribution in [1.82, 2.24) is 9.97 Å². The molecule has 0 amide bonds. The van der Waals surface area contributed by atoms with Crippen LogP contribution >= 0.6 is 12.4 Å². The van der Waals surface area contributed by atoms with Crippen LogP contribution in [0.2, 0.25) is 0 Å². The summed E-state index contributed by atoms with van der Waals surface area (Å²) in [4.78, 5) is 9.64. The Labute approximate surface area is 194 Å². The van der Waals surface area contributed by atoms with Crippen LogP contribution in [0.15, 0.2) is 60.7 Å². The number of halogens is 1. The maximum absolute atomic E-state index is 5.50. The summed E-state index contributed by atoms with van der Waals surface area (Å²) in [7, 11) is 4.90. The zero-order chi connectivity index (χ0) is 21.8. The van der Waals surface area contributed by atoms with Crippen LogP contribution in [-0.4, -0.2) is 31.3 Å². The van der Waals surface area contributed by atoms with E-state index in [9.17, 15) is 0 Å². The van der Waals surface area contributed by atoms with Crippen LogP contribution in [0, 0.1) is 6.92 Å². The van der Waals surface area contributed by atoms with E-state index in [4.69, 9.17) is 24.2 Å². The molecule has 166 valence electrons. The number of benzene rings is 3. The molecule has 4 rings (SSSR count). The Morgan fingerprint density at radius 3 is 2.22 bits per heavy atom. The second-order valence-electron chi connectivity index (χ2n) is 7.19. The van der Waals surface area contributed by atoms with Gasteiger partial charge in [0.15, 0.2) is 17.3 Å². The van der Waals surface area contributed by atoms with Gasteiger partial charge in [-0.1, -0.05) is 42.0 Å². The van der Waals surface area contributed by atoms with E-state index in [1.165, 1.54) is 5.56 Å². The van der Waals surface area contributed by atoms with E-state index in [2.05, 4.69) is 24.4 Å². The van der Waals surface area contributed by atoms with Crippen molar-refractivity contribution in [3.05, 3.63) is 71.8 Å². The summed E-state index contributed by atoms with van der Waals surface area (Å²) in [6.45, 7) is 2.65. The topological polar surface area (TPSA) is 65.5 Å². The first kappa shape index (κ1) is 23.2. The average molecular weight is 452 g/mol. The van der Waals surface area contributed by atoms with Gasteiger partial charge in [-0.15, -0.1) is 12.4 Å². The Morgan fingerprint density at radius 1 is 0.812 bits per heavy atom. The smallest absolute Gasteiger partial charge is 0.162 e. The molecule has 1 aromatic heterocycles. The molecule has 1 N–H and O–H groups in total. The molecule has 0 aliphatic carbocycles. The minimum atomic E-state index is 0. The number of hydrogen-bond donors (Lipinski definition) is 1. The lowest BCUT2D eigenvalue weighted by Crippen LogP contribution is -2.05. The van der Waals surface area contributed by atoms with Crippen molar-refractivity contribution in [2.75, 3.05) is 26.6 Å². The van der Waals surface area contributed by atoms with Gasteiger partial charge in [-0.2, -0.15) is 0 Å². The molecule has 7 heteroatoms. The first-order chi connectivity index (χ1) is 15.1. The zero-order valence-corrected chi connectivity index (χ0v) is 19.3. The Balaban J connectivity index is 0.00000289. The predicted octanol–water partition coefficient (Wildman–Crippen LogP) is 5.66. The first-order valence-corrected chi connectivity index (χ1v) is 9.99. The van der Waals surface area contributed by atoms with Crippen molar-refractivity contribution in [3.8, 4) is 28.6 Å². The van der Waals surface area contributed by atoms with E-state index in [1.54, 1.807) is 21.3 Å². The molecule has 1 heterocycles. The zero-order valence-electron chi connectivity index (χ0n) is 18.5. The fourth-order valence-corrected chi connectivity index (χ4v) is 3.39. The average Bonchev–Trinajstić information content (AvgIpc) is 2.82. The van der Waals surface area contributed by atoms with Crippen molar-refractivity contribution >= 4 is 29.1 Å². The molecule has 6 nitrogen and oxygen atoms in total. The highest BCUT2D eigenvalue weighted by Gasteiger charge is 2.14. The summed E-state index contributed by atoms with van der Waals surface area (Å²) >= 11 is 0. The molecular weight excluding hydrogens is 426 g/mol. The van der Waals surface area contributed by atoms with Gasteiger partial charge in [0, 0.05) is 23.6 Å². The van der Waals surface area contributed by atoms with Crippen molar-refractivity contribution in [2.45, 2.75) is 13.5 Å². The maximum Gasteiger partial charge on any atom is 0.162 e. The van der Waals surface area contributed by atoms with Crippen LogP contribution in [0.5, 0.6) is 17.2 Å². The third-order valence-electron chi connectivity index (χ3n) is 5.10. The maximum atomic E-state index is 5.50. The highest BCUT2D eigenvalue weighted by atomic mass is 35.5. The van der Waals surface area contributed by atoms with Crippen LogP contribution in [0.4, 0.5) is 5.82 Å². The molecule has 3 aromatic carbocycles. The number of anilines is 1. The number of ether oxygens (including phenoxy) is 3. The molecular formula is C25H26ClN3O3. The molecule has 0 saturated carbocycles. The van der Waals surface area contributed by atoms with Crippen LogP contribution in [-0.2, 0) is 6.54 Å². The molecule has 0 aliphatic rings. The predicted molar refractivity (Wildman–Crippen MR) is 130 cm³/mol. The molecule has 0 radical (unpaired) electrons. The number of aryl methyl sites for hydroxylation is 1. The number of nitrogens with one attached hydrogen (secondary N) is 1. The van der Waals surface area contributed by atoms with Crippen molar-refractivity contribution in [1.29, 1.82) is 0 Å². The minimum Gasteiger partial charge on any atom is -0.497 e. The van der Waals surface area contributed by atoms with Gasteiger partial charge in [-0.25, -0.2) is 9.97 Å². The van der Waals surface area contributed by atoms with E-state index < -0.39 is 0 Å².